The maximum atomic E-state index is 5.96. The standard InChI is InChI=1S/C19H23N3O/c1-12-11-15(23-19(4,5)6)7-8-16(12)17-13(2)21-14(3)18-20-9-10-22(17)18/h7-11H,1-6H3. The van der Waals surface area contributed by atoms with Gasteiger partial charge in [-0.1, -0.05) is 0 Å². The van der Waals surface area contributed by atoms with Crippen LogP contribution in [-0.2, 0) is 0 Å². The zero-order chi connectivity index (χ0) is 16.8. The second kappa shape index (κ2) is 5.37. The molecule has 120 valence electrons. The third-order valence-electron chi connectivity index (χ3n) is 3.76. The number of hydrogen-bond acceptors (Lipinski definition) is 3. The Morgan fingerprint density at radius 1 is 1.04 bits per heavy atom. The van der Waals surface area contributed by atoms with Gasteiger partial charge in [0, 0.05) is 18.0 Å². The minimum atomic E-state index is -0.201. The number of fused-ring (bicyclic) bond motifs is 1. The summed E-state index contributed by atoms with van der Waals surface area (Å²) in [5.41, 5.74) is 6.05. The van der Waals surface area contributed by atoms with Crippen molar-refractivity contribution in [2.45, 2.75) is 47.1 Å². The summed E-state index contributed by atoms with van der Waals surface area (Å²) in [7, 11) is 0. The number of rotatable bonds is 2. The molecule has 0 aliphatic rings. The molecular formula is C19H23N3O. The molecule has 0 N–H and O–H groups in total. The van der Waals surface area contributed by atoms with E-state index in [2.05, 4.69) is 54.2 Å². The topological polar surface area (TPSA) is 39.4 Å². The monoisotopic (exact) mass is 309 g/mol. The summed E-state index contributed by atoms with van der Waals surface area (Å²) in [4.78, 5) is 9.08. The summed E-state index contributed by atoms with van der Waals surface area (Å²) in [5, 5.41) is 0. The van der Waals surface area contributed by atoms with Crippen molar-refractivity contribution in [3.8, 4) is 17.0 Å². The van der Waals surface area contributed by atoms with Gasteiger partial charge in [0.25, 0.3) is 0 Å². The Bertz CT molecular complexity index is 872. The molecule has 0 aliphatic carbocycles. The third kappa shape index (κ3) is 2.93. The summed E-state index contributed by atoms with van der Waals surface area (Å²) >= 11 is 0. The molecule has 0 atom stereocenters. The minimum absolute atomic E-state index is 0.201. The fourth-order valence-electron chi connectivity index (χ4n) is 2.92. The molecule has 3 aromatic rings. The predicted octanol–water partition coefficient (Wildman–Crippen LogP) is 4.50. The van der Waals surface area contributed by atoms with Crippen molar-refractivity contribution in [1.29, 1.82) is 0 Å². The van der Waals surface area contributed by atoms with Gasteiger partial charge in [-0.25, -0.2) is 4.98 Å². The summed E-state index contributed by atoms with van der Waals surface area (Å²) < 4.78 is 8.08. The van der Waals surface area contributed by atoms with Crippen LogP contribution in [-0.4, -0.2) is 20.0 Å². The quantitative estimate of drug-likeness (QED) is 0.699. The van der Waals surface area contributed by atoms with Crippen LogP contribution in [0.1, 0.15) is 37.7 Å². The van der Waals surface area contributed by atoms with Crippen molar-refractivity contribution in [2.24, 2.45) is 0 Å². The van der Waals surface area contributed by atoms with Gasteiger partial charge < -0.3 is 4.74 Å². The van der Waals surface area contributed by atoms with Crippen LogP contribution in [0, 0.1) is 20.8 Å². The highest BCUT2D eigenvalue weighted by Gasteiger charge is 2.16. The SMILES string of the molecule is Cc1cc(OC(C)(C)C)ccc1-c1c(C)nc(C)c2nccn12. The summed E-state index contributed by atoms with van der Waals surface area (Å²) in [6, 6.07) is 6.22. The van der Waals surface area contributed by atoms with Crippen molar-refractivity contribution in [3.63, 3.8) is 0 Å². The van der Waals surface area contributed by atoms with E-state index >= 15 is 0 Å². The van der Waals surface area contributed by atoms with Gasteiger partial charge in [-0.05, 0) is 65.3 Å². The lowest BCUT2D eigenvalue weighted by Gasteiger charge is -2.22. The Hall–Kier alpha value is -2.36. The molecule has 4 heteroatoms. The maximum Gasteiger partial charge on any atom is 0.158 e. The number of hydrogen-bond donors (Lipinski definition) is 0. The number of aromatic nitrogens is 3. The number of imidazole rings is 1. The average molecular weight is 309 g/mol. The highest BCUT2D eigenvalue weighted by molar-refractivity contribution is 5.70. The van der Waals surface area contributed by atoms with E-state index < -0.39 is 0 Å². The molecule has 0 bridgehead atoms. The number of aryl methyl sites for hydroxylation is 3. The van der Waals surface area contributed by atoms with Crippen LogP contribution in [0.5, 0.6) is 5.75 Å². The van der Waals surface area contributed by atoms with E-state index in [9.17, 15) is 0 Å². The molecule has 0 radical (unpaired) electrons. The van der Waals surface area contributed by atoms with E-state index in [1.807, 2.05) is 32.3 Å². The molecule has 2 aromatic heterocycles. The van der Waals surface area contributed by atoms with Crippen LogP contribution in [0.2, 0.25) is 0 Å². The molecule has 3 rings (SSSR count). The molecule has 0 saturated heterocycles. The van der Waals surface area contributed by atoms with Crippen LogP contribution >= 0.6 is 0 Å². The van der Waals surface area contributed by atoms with Crippen molar-refractivity contribution in [3.05, 3.63) is 47.5 Å². The number of nitrogens with zero attached hydrogens (tertiary/aromatic N) is 3. The lowest BCUT2D eigenvalue weighted by atomic mass is 10.0. The highest BCUT2D eigenvalue weighted by Crippen LogP contribution is 2.31. The Morgan fingerprint density at radius 2 is 1.78 bits per heavy atom. The molecule has 4 nitrogen and oxygen atoms in total. The fraction of sp³-hybridized carbons (Fsp3) is 0.368. The van der Waals surface area contributed by atoms with E-state index in [-0.39, 0.29) is 5.60 Å². The van der Waals surface area contributed by atoms with Gasteiger partial charge in [-0.15, -0.1) is 0 Å². The molecule has 0 spiro atoms. The van der Waals surface area contributed by atoms with E-state index in [0.29, 0.717) is 0 Å². The zero-order valence-corrected chi connectivity index (χ0v) is 14.6. The van der Waals surface area contributed by atoms with Crippen LogP contribution in [0.3, 0.4) is 0 Å². The minimum Gasteiger partial charge on any atom is -0.488 e. The van der Waals surface area contributed by atoms with E-state index in [1.165, 1.54) is 0 Å². The van der Waals surface area contributed by atoms with Crippen molar-refractivity contribution >= 4 is 5.65 Å². The third-order valence-corrected chi connectivity index (χ3v) is 3.76. The lowest BCUT2D eigenvalue weighted by molar-refractivity contribution is 0.131. The summed E-state index contributed by atoms with van der Waals surface area (Å²) in [6.07, 6.45) is 3.81. The predicted molar refractivity (Wildman–Crippen MR) is 93.0 cm³/mol. The van der Waals surface area contributed by atoms with Crippen LogP contribution < -0.4 is 4.74 Å². The Labute approximate surface area is 137 Å². The van der Waals surface area contributed by atoms with Crippen LogP contribution in [0.25, 0.3) is 16.9 Å². The van der Waals surface area contributed by atoms with Gasteiger partial charge in [0.1, 0.15) is 11.4 Å². The first-order chi connectivity index (χ1) is 10.8. The average Bonchev–Trinajstić information content (AvgIpc) is 2.88. The number of ether oxygens (including phenoxy) is 1. The normalized spacial score (nSPS) is 11.9. The first kappa shape index (κ1) is 15.5. The molecular weight excluding hydrogens is 286 g/mol. The Kier molecular flexibility index (Phi) is 3.63. The number of benzene rings is 1. The molecule has 2 heterocycles. The molecule has 0 unspecified atom stereocenters. The Morgan fingerprint density at radius 3 is 2.43 bits per heavy atom. The maximum absolute atomic E-state index is 5.96. The van der Waals surface area contributed by atoms with Crippen molar-refractivity contribution in [2.75, 3.05) is 0 Å². The summed E-state index contributed by atoms with van der Waals surface area (Å²) in [5.74, 6) is 0.887. The molecule has 0 aliphatic heterocycles. The second-order valence-corrected chi connectivity index (χ2v) is 6.94. The van der Waals surface area contributed by atoms with Crippen LogP contribution in [0.4, 0.5) is 0 Å². The largest absolute Gasteiger partial charge is 0.488 e. The smallest absolute Gasteiger partial charge is 0.158 e. The van der Waals surface area contributed by atoms with Crippen LogP contribution in [0.15, 0.2) is 30.6 Å². The zero-order valence-electron chi connectivity index (χ0n) is 14.6. The van der Waals surface area contributed by atoms with Gasteiger partial charge in [0.05, 0.1) is 17.1 Å². The second-order valence-electron chi connectivity index (χ2n) is 6.94. The molecule has 0 fully saturated rings. The van der Waals surface area contributed by atoms with Gasteiger partial charge >= 0.3 is 0 Å². The van der Waals surface area contributed by atoms with E-state index in [0.717, 1.165) is 39.6 Å². The highest BCUT2D eigenvalue weighted by atomic mass is 16.5. The van der Waals surface area contributed by atoms with Crippen molar-refractivity contribution in [1.82, 2.24) is 14.4 Å². The van der Waals surface area contributed by atoms with Gasteiger partial charge in [0.2, 0.25) is 0 Å². The lowest BCUT2D eigenvalue weighted by Crippen LogP contribution is -2.22. The molecule has 23 heavy (non-hydrogen) atoms. The fourth-order valence-corrected chi connectivity index (χ4v) is 2.92. The van der Waals surface area contributed by atoms with Gasteiger partial charge in [-0.2, -0.15) is 0 Å². The van der Waals surface area contributed by atoms with Gasteiger partial charge in [0.15, 0.2) is 5.65 Å². The van der Waals surface area contributed by atoms with E-state index in [4.69, 9.17) is 4.74 Å². The van der Waals surface area contributed by atoms with Crippen molar-refractivity contribution < 1.29 is 4.74 Å². The molecule has 0 amide bonds. The molecule has 0 saturated carbocycles. The molecule has 1 aromatic carbocycles. The first-order valence-corrected chi connectivity index (χ1v) is 7.86. The first-order valence-electron chi connectivity index (χ1n) is 7.86. The van der Waals surface area contributed by atoms with E-state index in [1.54, 1.807) is 0 Å². The van der Waals surface area contributed by atoms with Gasteiger partial charge in [-0.3, -0.25) is 9.38 Å². The Balaban J connectivity index is 2.15. The summed E-state index contributed by atoms with van der Waals surface area (Å²) in [6.45, 7) is 12.3.